The summed E-state index contributed by atoms with van der Waals surface area (Å²) in [4.78, 5) is 0. The summed E-state index contributed by atoms with van der Waals surface area (Å²) in [7, 11) is -0.545. The van der Waals surface area contributed by atoms with Crippen LogP contribution < -0.4 is 4.72 Å². The summed E-state index contributed by atoms with van der Waals surface area (Å²) < 4.78 is 34.0. The minimum absolute atomic E-state index is 0.106. The lowest BCUT2D eigenvalue weighted by molar-refractivity contribution is 0.0320. The van der Waals surface area contributed by atoms with E-state index >= 15 is 0 Å². The normalized spacial score (nSPS) is 13.5. The van der Waals surface area contributed by atoms with E-state index in [-0.39, 0.29) is 12.6 Å². The van der Waals surface area contributed by atoms with Gasteiger partial charge in [0, 0.05) is 20.8 Å². The van der Waals surface area contributed by atoms with Crippen LogP contribution in [0.15, 0.2) is 0 Å². The standard InChI is InChI=1S/C7H14N2O4S/c1-12-6-7(13-2)5-9-14(10,11)4-3-8/h7,9H,4-6H2,1-2H3. The first-order chi connectivity index (χ1) is 6.55. The second-order valence-electron chi connectivity index (χ2n) is 2.58. The van der Waals surface area contributed by atoms with Gasteiger partial charge in [-0.2, -0.15) is 5.26 Å². The average Bonchev–Trinajstić information content (AvgIpc) is 2.12. The molecule has 0 aliphatic carbocycles. The van der Waals surface area contributed by atoms with E-state index in [1.54, 1.807) is 6.07 Å². The largest absolute Gasteiger partial charge is 0.382 e. The van der Waals surface area contributed by atoms with Crippen molar-refractivity contribution < 1.29 is 17.9 Å². The Labute approximate surface area is 83.9 Å². The van der Waals surface area contributed by atoms with Crippen LogP contribution in [0.4, 0.5) is 0 Å². The van der Waals surface area contributed by atoms with Gasteiger partial charge in [0.1, 0.15) is 0 Å². The number of hydrogen-bond acceptors (Lipinski definition) is 5. The molecule has 0 saturated heterocycles. The van der Waals surface area contributed by atoms with E-state index in [1.165, 1.54) is 14.2 Å². The minimum atomic E-state index is -3.50. The molecule has 0 aromatic heterocycles. The lowest BCUT2D eigenvalue weighted by Gasteiger charge is -2.14. The Morgan fingerprint density at radius 2 is 2.14 bits per heavy atom. The Morgan fingerprint density at radius 1 is 1.50 bits per heavy atom. The molecular formula is C7H14N2O4S. The van der Waals surface area contributed by atoms with Gasteiger partial charge in [0.2, 0.25) is 10.0 Å². The molecular weight excluding hydrogens is 208 g/mol. The molecule has 7 heteroatoms. The highest BCUT2D eigenvalue weighted by Crippen LogP contribution is 1.91. The van der Waals surface area contributed by atoms with E-state index in [4.69, 9.17) is 14.7 Å². The van der Waals surface area contributed by atoms with Crippen molar-refractivity contribution in [2.24, 2.45) is 0 Å². The fourth-order valence-corrected chi connectivity index (χ4v) is 1.46. The van der Waals surface area contributed by atoms with Crippen molar-refractivity contribution in [2.75, 3.05) is 33.1 Å². The third-order valence-electron chi connectivity index (χ3n) is 1.47. The van der Waals surface area contributed by atoms with E-state index in [1.807, 2.05) is 0 Å². The lowest BCUT2D eigenvalue weighted by atomic mass is 10.4. The summed E-state index contributed by atoms with van der Waals surface area (Å²) in [6.07, 6.45) is -0.339. The topological polar surface area (TPSA) is 88.4 Å². The van der Waals surface area contributed by atoms with Crippen molar-refractivity contribution in [1.82, 2.24) is 4.72 Å². The first-order valence-corrected chi connectivity index (χ1v) is 5.57. The van der Waals surface area contributed by atoms with Gasteiger partial charge < -0.3 is 9.47 Å². The molecule has 0 aliphatic rings. The van der Waals surface area contributed by atoms with Crippen LogP contribution in [0.2, 0.25) is 0 Å². The van der Waals surface area contributed by atoms with Gasteiger partial charge in [-0.05, 0) is 0 Å². The van der Waals surface area contributed by atoms with Gasteiger partial charge in [-0.1, -0.05) is 0 Å². The zero-order valence-electron chi connectivity index (χ0n) is 8.19. The quantitative estimate of drug-likeness (QED) is 0.602. The summed E-state index contributed by atoms with van der Waals surface area (Å²) in [6, 6.07) is 1.56. The van der Waals surface area contributed by atoms with Gasteiger partial charge in [-0.3, -0.25) is 0 Å². The van der Waals surface area contributed by atoms with E-state index < -0.39 is 15.8 Å². The molecule has 0 fully saturated rings. The van der Waals surface area contributed by atoms with Gasteiger partial charge in [-0.25, -0.2) is 13.1 Å². The molecule has 0 aromatic rings. The molecule has 1 unspecified atom stereocenters. The number of ether oxygens (including phenoxy) is 2. The molecule has 0 rings (SSSR count). The maximum absolute atomic E-state index is 11.0. The smallest absolute Gasteiger partial charge is 0.225 e. The van der Waals surface area contributed by atoms with Crippen molar-refractivity contribution in [3.05, 3.63) is 0 Å². The van der Waals surface area contributed by atoms with Crippen molar-refractivity contribution in [1.29, 1.82) is 5.26 Å². The fraction of sp³-hybridized carbons (Fsp3) is 0.857. The SMILES string of the molecule is COCC(CNS(=O)(=O)CC#N)OC. The summed E-state index contributed by atoms with van der Waals surface area (Å²) in [5, 5.41) is 8.20. The van der Waals surface area contributed by atoms with Gasteiger partial charge in [-0.15, -0.1) is 0 Å². The van der Waals surface area contributed by atoms with E-state index in [9.17, 15) is 8.42 Å². The molecule has 6 nitrogen and oxygen atoms in total. The fourth-order valence-electron chi connectivity index (χ4n) is 0.752. The summed E-state index contributed by atoms with van der Waals surface area (Å²) >= 11 is 0. The average molecular weight is 222 g/mol. The number of nitriles is 1. The van der Waals surface area contributed by atoms with Gasteiger partial charge in [0.15, 0.2) is 5.75 Å². The number of nitrogens with one attached hydrogen (secondary N) is 1. The Hall–Kier alpha value is -0.680. The zero-order valence-corrected chi connectivity index (χ0v) is 9.00. The van der Waals surface area contributed by atoms with E-state index in [0.717, 1.165) is 0 Å². The molecule has 0 spiro atoms. The van der Waals surface area contributed by atoms with Crippen LogP contribution in [0.1, 0.15) is 0 Å². The number of hydrogen-bond donors (Lipinski definition) is 1. The Balaban J connectivity index is 3.97. The predicted octanol–water partition coefficient (Wildman–Crippen LogP) is -0.909. The highest BCUT2D eigenvalue weighted by Gasteiger charge is 2.13. The Morgan fingerprint density at radius 3 is 2.57 bits per heavy atom. The van der Waals surface area contributed by atoms with Crippen LogP contribution in [0.25, 0.3) is 0 Å². The first kappa shape index (κ1) is 13.3. The minimum Gasteiger partial charge on any atom is -0.382 e. The number of nitrogens with zero attached hydrogens (tertiary/aromatic N) is 1. The van der Waals surface area contributed by atoms with E-state index in [2.05, 4.69) is 4.72 Å². The second-order valence-corrected chi connectivity index (χ2v) is 4.39. The molecule has 0 radical (unpaired) electrons. The number of rotatable bonds is 7. The number of sulfonamides is 1. The summed E-state index contributed by atoms with van der Waals surface area (Å²) in [5.74, 6) is -0.545. The summed E-state index contributed by atoms with van der Waals surface area (Å²) in [6.45, 7) is 0.403. The van der Waals surface area contributed by atoms with E-state index in [0.29, 0.717) is 6.61 Å². The van der Waals surface area contributed by atoms with Crippen LogP contribution in [0.5, 0.6) is 0 Å². The second kappa shape index (κ2) is 6.73. The molecule has 0 amide bonds. The molecule has 0 aromatic carbocycles. The van der Waals surface area contributed by atoms with Gasteiger partial charge in [0.05, 0.1) is 18.8 Å². The molecule has 14 heavy (non-hydrogen) atoms. The monoisotopic (exact) mass is 222 g/mol. The molecule has 0 heterocycles. The predicted molar refractivity (Wildman–Crippen MR) is 50.1 cm³/mol. The third kappa shape index (κ3) is 5.88. The third-order valence-corrected chi connectivity index (χ3v) is 2.59. The van der Waals surface area contributed by atoms with Crippen LogP contribution in [0, 0.1) is 11.3 Å². The molecule has 1 atom stereocenters. The Bertz CT molecular complexity index is 283. The van der Waals surface area contributed by atoms with Gasteiger partial charge in [0.25, 0.3) is 0 Å². The lowest BCUT2D eigenvalue weighted by Crippen LogP contribution is -2.36. The zero-order chi connectivity index (χ0) is 11.0. The maximum Gasteiger partial charge on any atom is 0.225 e. The van der Waals surface area contributed by atoms with Gasteiger partial charge >= 0.3 is 0 Å². The molecule has 1 N–H and O–H groups in total. The molecule has 0 bridgehead atoms. The van der Waals surface area contributed by atoms with Crippen molar-refractivity contribution >= 4 is 10.0 Å². The molecule has 82 valence electrons. The summed E-state index contributed by atoms with van der Waals surface area (Å²) in [5.41, 5.74) is 0. The number of methoxy groups -OCH3 is 2. The van der Waals surface area contributed by atoms with Crippen LogP contribution >= 0.6 is 0 Å². The Kier molecular flexibility index (Phi) is 6.40. The van der Waals surface area contributed by atoms with Crippen molar-refractivity contribution in [3.8, 4) is 6.07 Å². The van der Waals surface area contributed by atoms with Crippen LogP contribution in [0.3, 0.4) is 0 Å². The van der Waals surface area contributed by atoms with Crippen LogP contribution in [-0.2, 0) is 19.5 Å². The van der Waals surface area contributed by atoms with Crippen molar-refractivity contribution in [2.45, 2.75) is 6.10 Å². The maximum atomic E-state index is 11.0. The molecule has 0 saturated carbocycles. The highest BCUT2D eigenvalue weighted by atomic mass is 32.2. The first-order valence-electron chi connectivity index (χ1n) is 3.91. The van der Waals surface area contributed by atoms with Crippen molar-refractivity contribution in [3.63, 3.8) is 0 Å². The van der Waals surface area contributed by atoms with Crippen LogP contribution in [-0.4, -0.2) is 47.6 Å². The molecule has 0 aliphatic heterocycles. The highest BCUT2D eigenvalue weighted by molar-refractivity contribution is 7.89.